The number of rotatable bonds is 5. The first-order valence-corrected chi connectivity index (χ1v) is 10.8. The molecule has 6 heteroatoms. The van der Waals surface area contributed by atoms with Crippen LogP contribution in [0, 0.1) is 0 Å². The third-order valence-corrected chi connectivity index (χ3v) is 6.31. The van der Waals surface area contributed by atoms with Crippen LogP contribution >= 0.6 is 0 Å². The number of carbonyl (C=O) groups excluding carboxylic acids is 1. The molecule has 3 aliphatic rings. The van der Waals surface area contributed by atoms with Gasteiger partial charge in [0.1, 0.15) is 26.4 Å². The Kier molecular flexibility index (Phi) is 5.15. The largest absolute Gasteiger partial charge is 0.486 e. The Hall–Kier alpha value is -2.89. The molecule has 6 nitrogen and oxygen atoms in total. The average molecular weight is 409 g/mol. The van der Waals surface area contributed by atoms with Crippen LogP contribution in [-0.2, 0) is 16.6 Å². The molecule has 1 fully saturated rings. The molecule has 2 aliphatic heterocycles. The van der Waals surface area contributed by atoms with Gasteiger partial charge in [0.05, 0.1) is 6.42 Å². The van der Waals surface area contributed by atoms with E-state index >= 15 is 0 Å². The van der Waals surface area contributed by atoms with Gasteiger partial charge in [-0.15, -0.1) is 0 Å². The van der Waals surface area contributed by atoms with Crippen molar-refractivity contribution in [1.29, 1.82) is 0 Å². The van der Waals surface area contributed by atoms with Crippen molar-refractivity contribution >= 4 is 5.91 Å². The van der Waals surface area contributed by atoms with Crippen LogP contribution in [0.2, 0.25) is 0 Å². The van der Waals surface area contributed by atoms with E-state index in [1.54, 1.807) is 0 Å². The van der Waals surface area contributed by atoms with Gasteiger partial charge >= 0.3 is 0 Å². The first-order valence-electron chi connectivity index (χ1n) is 10.8. The van der Waals surface area contributed by atoms with Crippen molar-refractivity contribution in [3.05, 3.63) is 47.5 Å². The highest BCUT2D eigenvalue weighted by molar-refractivity contribution is 5.79. The maximum atomic E-state index is 12.7. The standard InChI is InChI=1S/C24H27NO5/c26-23(14-17-3-5-19-21(13-17)29-11-9-27-19)25-16-24(7-1-2-8-24)18-4-6-20-22(15-18)30-12-10-28-20/h3-6,13,15H,1-2,7-12,14,16H2,(H,25,26). The van der Waals surface area contributed by atoms with Gasteiger partial charge in [-0.2, -0.15) is 0 Å². The molecule has 30 heavy (non-hydrogen) atoms. The molecule has 0 unspecified atom stereocenters. The predicted molar refractivity (Wildman–Crippen MR) is 112 cm³/mol. The molecule has 0 bridgehead atoms. The van der Waals surface area contributed by atoms with E-state index in [-0.39, 0.29) is 11.3 Å². The Morgan fingerprint density at radius 2 is 1.40 bits per heavy atom. The summed E-state index contributed by atoms with van der Waals surface area (Å²) in [6, 6.07) is 11.9. The van der Waals surface area contributed by atoms with Crippen molar-refractivity contribution in [2.45, 2.75) is 37.5 Å². The molecular formula is C24H27NO5. The van der Waals surface area contributed by atoms with E-state index < -0.39 is 0 Å². The zero-order chi connectivity index (χ0) is 20.4. The van der Waals surface area contributed by atoms with Gasteiger partial charge in [-0.05, 0) is 48.2 Å². The number of carbonyl (C=O) groups is 1. The van der Waals surface area contributed by atoms with E-state index in [0.717, 1.165) is 41.4 Å². The minimum absolute atomic E-state index is 0.0236. The Morgan fingerprint density at radius 1 is 0.800 bits per heavy atom. The van der Waals surface area contributed by atoms with Crippen molar-refractivity contribution in [2.75, 3.05) is 33.0 Å². The monoisotopic (exact) mass is 409 g/mol. The normalized spacial score (nSPS) is 18.7. The fourth-order valence-electron chi connectivity index (χ4n) is 4.71. The quantitative estimate of drug-likeness (QED) is 0.820. The molecule has 1 N–H and O–H groups in total. The van der Waals surface area contributed by atoms with Gasteiger partial charge in [-0.1, -0.05) is 25.0 Å². The number of hydrogen-bond acceptors (Lipinski definition) is 5. The van der Waals surface area contributed by atoms with Gasteiger partial charge in [0.25, 0.3) is 0 Å². The Morgan fingerprint density at radius 3 is 2.10 bits per heavy atom. The fraction of sp³-hybridized carbons (Fsp3) is 0.458. The number of benzene rings is 2. The van der Waals surface area contributed by atoms with Crippen LogP contribution in [0.4, 0.5) is 0 Å². The van der Waals surface area contributed by atoms with Crippen molar-refractivity contribution in [3.8, 4) is 23.0 Å². The van der Waals surface area contributed by atoms with E-state index in [9.17, 15) is 4.79 Å². The van der Waals surface area contributed by atoms with Crippen LogP contribution in [0.5, 0.6) is 23.0 Å². The van der Waals surface area contributed by atoms with Crippen LogP contribution in [0.1, 0.15) is 36.8 Å². The maximum Gasteiger partial charge on any atom is 0.224 e. The predicted octanol–water partition coefficient (Wildman–Crippen LogP) is 3.40. The van der Waals surface area contributed by atoms with E-state index in [1.807, 2.05) is 24.3 Å². The summed E-state index contributed by atoms with van der Waals surface area (Å²) in [5, 5.41) is 3.19. The summed E-state index contributed by atoms with van der Waals surface area (Å²) in [5.41, 5.74) is 2.11. The van der Waals surface area contributed by atoms with Gasteiger partial charge in [-0.3, -0.25) is 4.79 Å². The lowest BCUT2D eigenvalue weighted by Gasteiger charge is -2.31. The zero-order valence-electron chi connectivity index (χ0n) is 17.1. The highest BCUT2D eigenvalue weighted by Gasteiger charge is 2.36. The summed E-state index contributed by atoms with van der Waals surface area (Å²) >= 11 is 0. The van der Waals surface area contributed by atoms with Gasteiger partial charge in [0, 0.05) is 12.0 Å². The lowest BCUT2D eigenvalue weighted by Crippen LogP contribution is -2.39. The summed E-state index contributed by atoms with van der Waals surface area (Å²) in [6.45, 7) is 2.91. The summed E-state index contributed by atoms with van der Waals surface area (Å²) in [4.78, 5) is 12.7. The summed E-state index contributed by atoms with van der Waals surface area (Å²) in [6.07, 6.45) is 4.81. The SMILES string of the molecule is O=C(Cc1ccc2c(c1)OCCO2)NCC1(c2ccc3c(c2)OCCO3)CCCC1. The average Bonchev–Trinajstić information content (AvgIpc) is 3.28. The van der Waals surface area contributed by atoms with Crippen LogP contribution in [0.3, 0.4) is 0 Å². The number of fused-ring (bicyclic) bond motifs is 2. The second-order valence-electron chi connectivity index (χ2n) is 8.28. The van der Waals surface area contributed by atoms with E-state index in [4.69, 9.17) is 18.9 Å². The van der Waals surface area contributed by atoms with Crippen molar-refractivity contribution in [3.63, 3.8) is 0 Å². The Bertz CT molecular complexity index is 935. The molecule has 0 radical (unpaired) electrons. The van der Waals surface area contributed by atoms with Gasteiger partial charge in [0.15, 0.2) is 23.0 Å². The summed E-state index contributed by atoms with van der Waals surface area (Å²) in [7, 11) is 0. The smallest absolute Gasteiger partial charge is 0.224 e. The molecule has 1 aliphatic carbocycles. The van der Waals surface area contributed by atoms with Gasteiger partial charge < -0.3 is 24.3 Å². The van der Waals surface area contributed by atoms with E-state index in [1.165, 1.54) is 18.4 Å². The summed E-state index contributed by atoms with van der Waals surface area (Å²) in [5.74, 6) is 3.10. The number of nitrogens with one attached hydrogen (secondary N) is 1. The van der Waals surface area contributed by atoms with E-state index in [0.29, 0.717) is 39.4 Å². The summed E-state index contributed by atoms with van der Waals surface area (Å²) < 4.78 is 22.6. The fourth-order valence-corrected chi connectivity index (χ4v) is 4.71. The lowest BCUT2D eigenvalue weighted by atomic mass is 9.78. The molecule has 0 spiro atoms. The number of hydrogen-bond donors (Lipinski definition) is 1. The molecule has 0 atom stereocenters. The minimum atomic E-state index is -0.0434. The highest BCUT2D eigenvalue weighted by atomic mass is 16.6. The molecule has 2 aromatic rings. The molecule has 0 aromatic heterocycles. The molecule has 0 saturated heterocycles. The third-order valence-electron chi connectivity index (χ3n) is 6.31. The minimum Gasteiger partial charge on any atom is -0.486 e. The molecule has 1 amide bonds. The molecule has 5 rings (SSSR count). The number of ether oxygens (including phenoxy) is 4. The van der Waals surface area contributed by atoms with Crippen molar-refractivity contribution in [2.24, 2.45) is 0 Å². The van der Waals surface area contributed by atoms with Crippen molar-refractivity contribution < 1.29 is 23.7 Å². The van der Waals surface area contributed by atoms with Crippen molar-refractivity contribution in [1.82, 2.24) is 5.32 Å². The van der Waals surface area contributed by atoms with E-state index in [2.05, 4.69) is 17.4 Å². The second kappa shape index (κ2) is 8.09. The first kappa shape index (κ1) is 19.1. The molecule has 2 heterocycles. The highest BCUT2D eigenvalue weighted by Crippen LogP contribution is 2.44. The Balaban J connectivity index is 1.27. The number of amides is 1. The second-order valence-corrected chi connectivity index (χ2v) is 8.28. The molecular weight excluding hydrogens is 382 g/mol. The molecule has 2 aromatic carbocycles. The van der Waals surface area contributed by atoms with Crippen LogP contribution in [0.15, 0.2) is 36.4 Å². The lowest BCUT2D eigenvalue weighted by molar-refractivity contribution is -0.120. The maximum absolute atomic E-state index is 12.7. The Labute approximate surface area is 176 Å². The van der Waals surface area contributed by atoms with Crippen LogP contribution in [-0.4, -0.2) is 38.9 Å². The first-order chi connectivity index (χ1) is 14.7. The molecule has 158 valence electrons. The topological polar surface area (TPSA) is 66.0 Å². The molecule has 1 saturated carbocycles. The van der Waals surface area contributed by atoms with Crippen LogP contribution < -0.4 is 24.3 Å². The van der Waals surface area contributed by atoms with Crippen LogP contribution in [0.25, 0.3) is 0 Å². The third kappa shape index (κ3) is 3.78. The van der Waals surface area contributed by atoms with Gasteiger partial charge in [0.2, 0.25) is 5.91 Å². The van der Waals surface area contributed by atoms with Gasteiger partial charge in [-0.25, -0.2) is 0 Å². The zero-order valence-corrected chi connectivity index (χ0v) is 17.1.